The minimum absolute atomic E-state index is 0.00594. The van der Waals surface area contributed by atoms with E-state index in [0.29, 0.717) is 5.56 Å². The molecule has 7 nitrogen and oxygen atoms in total. The number of hydrogen-bond donors (Lipinski definition) is 1. The first-order valence-corrected chi connectivity index (χ1v) is 5.95. The SMILES string of the molecule is O=C(Cc1cccc([N+](=O)[O-])c1)Nc1ccc(Cl)nn1. The van der Waals surface area contributed by atoms with Crippen molar-refractivity contribution in [2.45, 2.75) is 6.42 Å². The molecule has 1 amide bonds. The van der Waals surface area contributed by atoms with Crippen LogP contribution >= 0.6 is 11.6 Å². The Morgan fingerprint density at radius 2 is 2.10 bits per heavy atom. The van der Waals surface area contributed by atoms with E-state index in [1.807, 2.05) is 0 Å². The molecule has 2 rings (SSSR count). The molecule has 0 atom stereocenters. The summed E-state index contributed by atoms with van der Waals surface area (Å²) in [5.41, 5.74) is 0.486. The van der Waals surface area contributed by atoms with Gasteiger partial charge in [0.05, 0.1) is 11.3 Å². The molecule has 0 unspecified atom stereocenters. The molecule has 0 aliphatic rings. The van der Waals surface area contributed by atoms with Gasteiger partial charge in [-0.25, -0.2) is 0 Å². The Morgan fingerprint density at radius 3 is 2.75 bits per heavy atom. The molecule has 1 aromatic heterocycles. The molecule has 0 bridgehead atoms. The van der Waals surface area contributed by atoms with Gasteiger partial charge in [0.15, 0.2) is 11.0 Å². The van der Waals surface area contributed by atoms with E-state index in [1.54, 1.807) is 6.07 Å². The monoisotopic (exact) mass is 292 g/mol. The van der Waals surface area contributed by atoms with Crippen LogP contribution in [0.25, 0.3) is 0 Å². The topological polar surface area (TPSA) is 98.0 Å². The van der Waals surface area contributed by atoms with E-state index in [2.05, 4.69) is 15.5 Å². The van der Waals surface area contributed by atoms with Crippen molar-refractivity contribution in [2.75, 3.05) is 5.32 Å². The third-order valence-electron chi connectivity index (χ3n) is 2.39. The standard InChI is InChI=1S/C12H9ClN4O3/c13-10-4-5-11(16-15-10)14-12(18)7-8-2-1-3-9(6-8)17(19)20/h1-6H,7H2,(H,14,16,18). The first kappa shape index (κ1) is 13.9. The molecule has 20 heavy (non-hydrogen) atoms. The van der Waals surface area contributed by atoms with E-state index in [9.17, 15) is 14.9 Å². The van der Waals surface area contributed by atoms with Gasteiger partial charge in [0, 0.05) is 12.1 Å². The molecule has 0 saturated carbocycles. The minimum Gasteiger partial charge on any atom is -0.309 e. The Kier molecular flexibility index (Phi) is 4.21. The normalized spacial score (nSPS) is 10.1. The molecule has 0 aliphatic heterocycles. The van der Waals surface area contributed by atoms with Crippen LogP contribution in [0.2, 0.25) is 5.15 Å². The lowest BCUT2D eigenvalue weighted by atomic mass is 10.1. The number of halogens is 1. The Balaban J connectivity index is 2.02. The quantitative estimate of drug-likeness (QED) is 0.688. The fraction of sp³-hybridized carbons (Fsp3) is 0.0833. The van der Waals surface area contributed by atoms with Crippen LogP contribution in [-0.2, 0) is 11.2 Å². The van der Waals surface area contributed by atoms with Gasteiger partial charge in [-0.05, 0) is 17.7 Å². The van der Waals surface area contributed by atoms with Crippen LogP contribution < -0.4 is 5.32 Å². The molecule has 0 saturated heterocycles. The highest BCUT2D eigenvalue weighted by molar-refractivity contribution is 6.29. The van der Waals surface area contributed by atoms with Gasteiger partial charge in [-0.3, -0.25) is 14.9 Å². The van der Waals surface area contributed by atoms with Gasteiger partial charge < -0.3 is 5.32 Å². The van der Waals surface area contributed by atoms with Crippen molar-refractivity contribution in [3.8, 4) is 0 Å². The summed E-state index contributed by atoms with van der Waals surface area (Å²) < 4.78 is 0. The van der Waals surface area contributed by atoms with Crippen molar-refractivity contribution in [2.24, 2.45) is 0 Å². The summed E-state index contributed by atoms with van der Waals surface area (Å²) in [6, 6.07) is 8.90. The van der Waals surface area contributed by atoms with Crippen LogP contribution in [0.3, 0.4) is 0 Å². The van der Waals surface area contributed by atoms with Crippen LogP contribution in [-0.4, -0.2) is 21.0 Å². The Labute approximate surface area is 118 Å². The second-order valence-corrected chi connectivity index (χ2v) is 4.28. The number of carbonyl (C=O) groups is 1. The number of hydrogen-bond acceptors (Lipinski definition) is 5. The summed E-state index contributed by atoms with van der Waals surface area (Å²) >= 11 is 5.57. The fourth-order valence-electron chi connectivity index (χ4n) is 1.54. The van der Waals surface area contributed by atoms with E-state index in [4.69, 9.17) is 11.6 Å². The summed E-state index contributed by atoms with van der Waals surface area (Å²) in [5, 5.41) is 20.7. The summed E-state index contributed by atoms with van der Waals surface area (Å²) in [6.07, 6.45) is 0.00594. The van der Waals surface area contributed by atoms with Crippen molar-refractivity contribution >= 4 is 29.0 Å². The summed E-state index contributed by atoms with van der Waals surface area (Å²) in [4.78, 5) is 21.9. The molecule has 0 aliphatic carbocycles. The third kappa shape index (κ3) is 3.72. The predicted octanol–water partition coefficient (Wildman–Crippen LogP) is 2.22. The van der Waals surface area contributed by atoms with Crippen LogP contribution in [0.1, 0.15) is 5.56 Å². The maximum absolute atomic E-state index is 11.8. The van der Waals surface area contributed by atoms with Gasteiger partial charge in [0.1, 0.15) is 0 Å². The molecular weight excluding hydrogens is 284 g/mol. The number of non-ortho nitro benzene ring substituents is 1. The molecule has 0 spiro atoms. The van der Waals surface area contributed by atoms with Crippen molar-refractivity contribution in [3.63, 3.8) is 0 Å². The highest BCUT2D eigenvalue weighted by atomic mass is 35.5. The van der Waals surface area contributed by atoms with E-state index in [0.717, 1.165) is 0 Å². The lowest BCUT2D eigenvalue weighted by molar-refractivity contribution is -0.384. The van der Waals surface area contributed by atoms with E-state index < -0.39 is 4.92 Å². The van der Waals surface area contributed by atoms with Crippen LogP contribution in [0.15, 0.2) is 36.4 Å². The largest absolute Gasteiger partial charge is 0.309 e. The molecular formula is C12H9ClN4O3. The highest BCUT2D eigenvalue weighted by Crippen LogP contribution is 2.14. The number of anilines is 1. The third-order valence-corrected chi connectivity index (χ3v) is 2.59. The average molecular weight is 293 g/mol. The molecule has 102 valence electrons. The Bertz CT molecular complexity index is 645. The minimum atomic E-state index is -0.508. The number of benzene rings is 1. The average Bonchev–Trinajstić information content (AvgIpc) is 2.41. The zero-order valence-electron chi connectivity index (χ0n) is 10.1. The highest BCUT2D eigenvalue weighted by Gasteiger charge is 2.09. The molecule has 1 heterocycles. The van der Waals surface area contributed by atoms with Gasteiger partial charge in [-0.2, -0.15) is 0 Å². The Morgan fingerprint density at radius 1 is 1.30 bits per heavy atom. The maximum Gasteiger partial charge on any atom is 0.269 e. The lowest BCUT2D eigenvalue weighted by Gasteiger charge is -2.03. The van der Waals surface area contributed by atoms with Crippen LogP contribution in [0.5, 0.6) is 0 Å². The second-order valence-electron chi connectivity index (χ2n) is 3.89. The number of rotatable bonds is 4. The smallest absolute Gasteiger partial charge is 0.269 e. The maximum atomic E-state index is 11.8. The van der Waals surface area contributed by atoms with Crippen molar-refractivity contribution in [1.29, 1.82) is 0 Å². The number of nitro groups is 1. The number of aromatic nitrogens is 2. The summed E-state index contributed by atoms with van der Waals surface area (Å²) in [7, 11) is 0. The van der Waals surface area contributed by atoms with Crippen molar-refractivity contribution < 1.29 is 9.72 Å². The summed E-state index contributed by atoms with van der Waals surface area (Å²) in [6.45, 7) is 0. The molecule has 0 fully saturated rings. The number of carbonyl (C=O) groups excluding carboxylic acids is 1. The van der Waals surface area contributed by atoms with E-state index in [-0.39, 0.29) is 29.0 Å². The first-order valence-electron chi connectivity index (χ1n) is 5.57. The predicted molar refractivity (Wildman–Crippen MR) is 72.5 cm³/mol. The number of nitro benzene ring substituents is 1. The number of amides is 1. The molecule has 0 radical (unpaired) electrons. The van der Waals surface area contributed by atoms with E-state index >= 15 is 0 Å². The molecule has 1 aromatic carbocycles. The van der Waals surface area contributed by atoms with Gasteiger partial charge in [0.2, 0.25) is 5.91 Å². The van der Waals surface area contributed by atoms with Gasteiger partial charge >= 0.3 is 0 Å². The molecule has 8 heteroatoms. The second kappa shape index (κ2) is 6.07. The molecule has 2 aromatic rings. The van der Waals surface area contributed by atoms with Gasteiger partial charge in [0.25, 0.3) is 5.69 Å². The zero-order valence-corrected chi connectivity index (χ0v) is 10.9. The van der Waals surface area contributed by atoms with Crippen molar-refractivity contribution in [3.05, 3.63) is 57.2 Å². The first-order chi connectivity index (χ1) is 9.54. The van der Waals surface area contributed by atoms with Gasteiger partial charge in [-0.15, -0.1) is 10.2 Å². The van der Waals surface area contributed by atoms with Crippen LogP contribution in [0, 0.1) is 10.1 Å². The fourth-order valence-corrected chi connectivity index (χ4v) is 1.64. The van der Waals surface area contributed by atoms with Crippen molar-refractivity contribution in [1.82, 2.24) is 10.2 Å². The van der Waals surface area contributed by atoms with Gasteiger partial charge in [-0.1, -0.05) is 23.7 Å². The van der Waals surface area contributed by atoms with E-state index in [1.165, 1.54) is 30.3 Å². The number of nitrogens with one attached hydrogen (secondary N) is 1. The van der Waals surface area contributed by atoms with Crippen LogP contribution in [0.4, 0.5) is 11.5 Å². The Hall–Kier alpha value is -2.54. The lowest BCUT2D eigenvalue weighted by Crippen LogP contribution is -2.15. The zero-order chi connectivity index (χ0) is 14.5. The molecule has 1 N–H and O–H groups in total. The summed E-state index contributed by atoms with van der Waals surface area (Å²) in [5.74, 6) is -0.0769. The number of nitrogens with zero attached hydrogens (tertiary/aromatic N) is 3.